The van der Waals surface area contributed by atoms with E-state index in [2.05, 4.69) is 10.3 Å². The van der Waals surface area contributed by atoms with Gasteiger partial charge < -0.3 is 10.1 Å². The average Bonchev–Trinajstić information content (AvgIpc) is 2.20. The maximum Gasteiger partial charge on any atom is 0.217 e. The highest BCUT2D eigenvalue weighted by atomic mass is 35.5. The third-order valence-electron chi connectivity index (χ3n) is 2.09. The molecule has 0 radical (unpaired) electrons. The second-order valence-electron chi connectivity index (χ2n) is 2.97. The fourth-order valence-corrected chi connectivity index (χ4v) is 1.42. The first-order valence-corrected chi connectivity index (χ1v) is 4.29. The van der Waals surface area contributed by atoms with Crippen LogP contribution in [0.3, 0.4) is 0 Å². The molecule has 0 unspecified atom stereocenters. The van der Waals surface area contributed by atoms with Crippen molar-refractivity contribution in [3.05, 3.63) is 29.8 Å². The molecule has 1 N–H and O–H groups in total. The quantitative estimate of drug-likeness (QED) is 0.722. The van der Waals surface area contributed by atoms with Crippen molar-refractivity contribution in [2.45, 2.75) is 6.04 Å². The van der Waals surface area contributed by atoms with Crippen molar-refractivity contribution in [1.82, 2.24) is 10.3 Å². The van der Waals surface area contributed by atoms with Gasteiger partial charge in [0.05, 0.1) is 19.3 Å². The van der Waals surface area contributed by atoms with Crippen LogP contribution in [0.2, 0.25) is 0 Å². The Balaban J connectivity index is 0.000000980. The van der Waals surface area contributed by atoms with Crippen LogP contribution in [-0.2, 0) is 4.74 Å². The molecule has 0 aliphatic carbocycles. The van der Waals surface area contributed by atoms with Crippen molar-refractivity contribution in [3.8, 4) is 0 Å². The molecule has 0 saturated carbocycles. The van der Waals surface area contributed by atoms with Gasteiger partial charge in [-0.1, -0.05) is 6.07 Å². The number of nitrogens with one attached hydrogen (secondary N) is 1. The average molecular weight is 219 g/mol. The zero-order chi connectivity index (χ0) is 9.10. The van der Waals surface area contributed by atoms with Crippen LogP contribution in [0, 0.1) is 5.95 Å². The Morgan fingerprint density at radius 2 is 2.43 bits per heavy atom. The van der Waals surface area contributed by atoms with Crippen molar-refractivity contribution in [2.75, 3.05) is 19.8 Å². The molecule has 1 atom stereocenters. The van der Waals surface area contributed by atoms with Crippen molar-refractivity contribution in [3.63, 3.8) is 0 Å². The number of morpholine rings is 1. The summed E-state index contributed by atoms with van der Waals surface area (Å²) in [4.78, 5) is 3.59. The van der Waals surface area contributed by atoms with E-state index in [-0.39, 0.29) is 18.4 Å². The summed E-state index contributed by atoms with van der Waals surface area (Å²) in [5.74, 6) is -0.412. The number of hydrogen-bond acceptors (Lipinski definition) is 3. The minimum absolute atomic E-state index is 0. The zero-order valence-corrected chi connectivity index (χ0v) is 8.39. The molecule has 1 aliphatic heterocycles. The number of rotatable bonds is 1. The summed E-state index contributed by atoms with van der Waals surface area (Å²) >= 11 is 0. The largest absolute Gasteiger partial charge is 0.378 e. The number of ether oxygens (including phenoxy) is 1. The molecule has 1 saturated heterocycles. The third-order valence-corrected chi connectivity index (χ3v) is 2.09. The highest BCUT2D eigenvalue weighted by molar-refractivity contribution is 5.85. The van der Waals surface area contributed by atoms with E-state index >= 15 is 0 Å². The molecule has 14 heavy (non-hydrogen) atoms. The summed E-state index contributed by atoms with van der Waals surface area (Å²) in [6.45, 7) is 1.97. The van der Waals surface area contributed by atoms with Gasteiger partial charge in [-0.3, -0.25) is 0 Å². The first-order valence-electron chi connectivity index (χ1n) is 4.29. The maximum absolute atomic E-state index is 13.2. The van der Waals surface area contributed by atoms with Gasteiger partial charge in [0.2, 0.25) is 5.95 Å². The Morgan fingerprint density at radius 1 is 1.57 bits per heavy atom. The van der Waals surface area contributed by atoms with Crippen molar-refractivity contribution in [1.29, 1.82) is 0 Å². The van der Waals surface area contributed by atoms with Gasteiger partial charge in [-0.2, -0.15) is 4.39 Å². The van der Waals surface area contributed by atoms with Crippen LogP contribution in [0.5, 0.6) is 0 Å². The standard InChI is InChI=1S/C9H11FN2O.ClH/c10-9-7(2-1-3-12-9)8-6-13-5-4-11-8;/h1-3,8,11H,4-6H2;1H/t8-;/m0./s1. The van der Waals surface area contributed by atoms with Crippen LogP contribution in [0.4, 0.5) is 4.39 Å². The summed E-state index contributed by atoms with van der Waals surface area (Å²) < 4.78 is 18.4. The van der Waals surface area contributed by atoms with E-state index in [1.165, 1.54) is 6.20 Å². The van der Waals surface area contributed by atoms with Crippen LogP contribution in [0.15, 0.2) is 18.3 Å². The lowest BCUT2D eigenvalue weighted by Crippen LogP contribution is -2.35. The summed E-state index contributed by atoms with van der Waals surface area (Å²) in [6.07, 6.45) is 1.45. The molecule has 1 fully saturated rings. The summed E-state index contributed by atoms with van der Waals surface area (Å²) in [6, 6.07) is 3.41. The fraction of sp³-hybridized carbons (Fsp3) is 0.444. The van der Waals surface area contributed by atoms with Crippen molar-refractivity contribution in [2.24, 2.45) is 0 Å². The van der Waals surface area contributed by atoms with Crippen LogP contribution in [-0.4, -0.2) is 24.7 Å². The van der Waals surface area contributed by atoms with Gasteiger partial charge in [0.25, 0.3) is 0 Å². The minimum atomic E-state index is -0.412. The fourth-order valence-electron chi connectivity index (χ4n) is 1.42. The van der Waals surface area contributed by atoms with Crippen LogP contribution < -0.4 is 5.32 Å². The van der Waals surface area contributed by atoms with Gasteiger partial charge in [0.1, 0.15) is 0 Å². The predicted molar refractivity (Wildman–Crippen MR) is 53.0 cm³/mol. The molecule has 2 heterocycles. The maximum atomic E-state index is 13.2. The Morgan fingerprint density at radius 3 is 3.07 bits per heavy atom. The Bertz CT molecular complexity index is 292. The summed E-state index contributed by atoms with van der Waals surface area (Å²) in [7, 11) is 0. The number of aromatic nitrogens is 1. The molecule has 5 heteroatoms. The lowest BCUT2D eigenvalue weighted by atomic mass is 10.1. The van der Waals surface area contributed by atoms with Crippen molar-refractivity contribution < 1.29 is 9.13 Å². The lowest BCUT2D eigenvalue weighted by Gasteiger charge is -2.23. The van der Waals surface area contributed by atoms with Gasteiger partial charge in [-0.05, 0) is 6.07 Å². The third kappa shape index (κ3) is 2.41. The molecule has 3 nitrogen and oxygen atoms in total. The van der Waals surface area contributed by atoms with E-state index in [1.54, 1.807) is 12.1 Å². The second-order valence-corrected chi connectivity index (χ2v) is 2.97. The Labute approximate surface area is 88.1 Å². The molecular weight excluding hydrogens is 207 g/mol. The van der Waals surface area contributed by atoms with Gasteiger partial charge >= 0.3 is 0 Å². The molecular formula is C9H12ClFN2O. The minimum Gasteiger partial charge on any atom is -0.378 e. The molecule has 0 spiro atoms. The highest BCUT2D eigenvalue weighted by Crippen LogP contribution is 2.16. The zero-order valence-electron chi connectivity index (χ0n) is 7.57. The smallest absolute Gasteiger partial charge is 0.217 e. The molecule has 1 aromatic rings. The van der Waals surface area contributed by atoms with E-state index in [9.17, 15) is 4.39 Å². The van der Waals surface area contributed by atoms with Crippen LogP contribution in [0.25, 0.3) is 0 Å². The van der Waals surface area contributed by atoms with E-state index in [0.717, 1.165) is 6.54 Å². The molecule has 78 valence electrons. The normalized spacial score (nSPS) is 21.4. The van der Waals surface area contributed by atoms with E-state index in [0.29, 0.717) is 18.8 Å². The topological polar surface area (TPSA) is 34.1 Å². The lowest BCUT2D eigenvalue weighted by molar-refractivity contribution is 0.0755. The molecule has 0 aromatic carbocycles. The van der Waals surface area contributed by atoms with Crippen LogP contribution >= 0.6 is 12.4 Å². The Hall–Kier alpha value is -0.710. The number of pyridine rings is 1. The number of hydrogen-bond donors (Lipinski definition) is 1. The van der Waals surface area contributed by atoms with Crippen LogP contribution in [0.1, 0.15) is 11.6 Å². The molecule has 2 rings (SSSR count). The van der Waals surface area contributed by atoms with Gasteiger partial charge in [0, 0.05) is 18.3 Å². The summed E-state index contributed by atoms with van der Waals surface area (Å²) in [5.41, 5.74) is 0.585. The SMILES string of the molecule is Cl.Fc1ncccc1[C@@H]1COCCN1. The molecule has 1 aromatic heterocycles. The highest BCUT2D eigenvalue weighted by Gasteiger charge is 2.18. The molecule has 0 bridgehead atoms. The first-order chi connectivity index (χ1) is 6.38. The molecule has 1 aliphatic rings. The van der Waals surface area contributed by atoms with E-state index < -0.39 is 5.95 Å². The predicted octanol–water partition coefficient (Wildman–Crippen LogP) is 1.30. The number of halogens is 2. The second kappa shape index (κ2) is 5.24. The number of nitrogens with zero attached hydrogens (tertiary/aromatic N) is 1. The monoisotopic (exact) mass is 218 g/mol. The Kier molecular flexibility index (Phi) is 4.25. The first kappa shape index (κ1) is 11.4. The van der Waals surface area contributed by atoms with Crippen molar-refractivity contribution >= 4 is 12.4 Å². The van der Waals surface area contributed by atoms with E-state index in [4.69, 9.17) is 4.74 Å². The van der Waals surface area contributed by atoms with Gasteiger partial charge in [0.15, 0.2) is 0 Å². The van der Waals surface area contributed by atoms with Gasteiger partial charge in [-0.25, -0.2) is 4.98 Å². The van der Waals surface area contributed by atoms with E-state index in [1.807, 2.05) is 0 Å². The van der Waals surface area contributed by atoms with Gasteiger partial charge in [-0.15, -0.1) is 12.4 Å². The summed E-state index contributed by atoms with van der Waals surface area (Å²) in [5, 5.41) is 3.17. The molecule has 0 amide bonds.